The number of rotatable bonds is 6. The van der Waals surface area contributed by atoms with Gasteiger partial charge in [-0.25, -0.2) is 9.67 Å². The molecule has 0 fully saturated rings. The summed E-state index contributed by atoms with van der Waals surface area (Å²) in [6.07, 6.45) is 3.17. The van der Waals surface area contributed by atoms with Crippen molar-refractivity contribution in [3.8, 4) is 5.82 Å². The Morgan fingerprint density at radius 3 is 2.38 bits per heavy atom. The molecule has 32 heavy (non-hydrogen) atoms. The van der Waals surface area contributed by atoms with Crippen molar-refractivity contribution >= 4 is 17.5 Å². The predicted molar refractivity (Wildman–Crippen MR) is 123 cm³/mol. The average Bonchev–Trinajstić information content (AvgIpc) is 3.21. The molecule has 160 valence electrons. The number of anilines is 1. The Kier molecular flexibility index (Phi) is 6.07. The van der Waals surface area contributed by atoms with Gasteiger partial charge in [-0.3, -0.25) is 9.59 Å². The molecule has 0 bridgehead atoms. The van der Waals surface area contributed by atoms with Gasteiger partial charge in [-0.2, -0.15) is 5.10 Å². The first-order chi connectivity index (χ1) is 15.5. The van der Waals surface area contributed by atoms with E-state index in [1.807, 2.05) is 49.4 Å². The minimum Gasteiger partial charge on any atom is -0.348 e. The number of carbonyl (C=O) groups is 2. The molecular formula is C25H23N5O2. The van der Waals surface area contributed by atoms with Crippen LogP contribution in [-0.4, -0.2) is 26.6 Å². The zero-order valence-electron chi connectivity index (χ0n) is 17.9. The van der Waals surface area contributed by atoms with Crippen LogP contribution in [0.25, 0.3) is 5.82 Å². The normalized spacial score (nSPS) is 10.6. The van der Waals surface area contributed by atoms with Crippen molar-refractivity contribution in [2.75, 3.05) is 5.32 Å². The Morgan fingerprint density at radius 1 is 0.875 bits per heavy atom. The van der Waals surface area contributed by atoms with Gasteiger partial charge in [-0.1, -0.05) is 48.0 Å². The molecule has 0 unspecified atom stereocenters. The van der Waals surface area contributed by atoms with Gasteiger partial charge >= 0.3 is 0 Å². The van der Waals surface area contributed by atoms with Crippen LogP contribution in [0.4, 0.5) is 5.69 Å². The number of amides is 2. The van der Waals surface area contributed by atoms with E-state index < -0.39 is 0 Å². The van der Waals surface area contributed by atoms with Crippen LogP contribution in [-0.2, 0) is 6.54 Å². The lowest BCUT2D eigenvalue weighted by Crippen LogP contribution is -2.25. The van der Waals surface area contributed by atoms with Gasteiger partial charge in [0, 0.05) is 12.7 Å². The third-order valence-electron chi connectivity index (χ3n) is 5.11. The van der Waals surface area contributed by atoms with Crippen molar-refractivity contribution in [3.63, 3.8) is 0 Å². The SMILES string of the molecule is Cc1ccc(CNC(=O)c2ccccc2NC(=O)c2cnn(-c3ccccn3)c2C)cc1. The third kappa shape index (κ3) is 4.57. The summed E-state index contributed by atoms with van der Waals surface area (Å²) < 4.78 is 1.61. The van der Waals surface area contributed by atoms with Gasteiger partial charge in [-0.05, 0) is 43.7 Å². The van der Waals surface area contributed by atoms with Gasteiger partial charge in [0.05, 0.1) is 28.7 Å². The second-order valence-electron chi connectivity index (χ2n) is 7.41. The predicted octanol–water partition coefficient (Wildman–Crippen LogP) is 4.07. The van der Waals surface area contributed by atoms with Gasteiger partial charge < -0.3 is 10.6 Å². The van der Waals surface area contributed by atoms with Crippen molar-refractivity contribution in [1.82, 2.24) is 20.1 Å². The van der Waals surface area contributed by atoms with Crippen molar-refractivity contribution in [1.29, 1.82) is 0 Å². The highest BCUT2D eigenvalue weighted by Crippen LogP contribution is 2.19. The third-order valence-corrected chi connectivity index (χ3v) is 5.11. The lowest BCUT2D eigenvalue weighted by atomic mass is 10.1. The molecule has 0 saturated carbocycles. The molecule has 2 heterocycles. The Balaban J connectivity index is 1.49. The zero-order valence-corrected chi connectivity index (χ0v) is 17.9. The van der Waals surface area contributed by atoms with Crippen LogP contribution < -0.4 is 10.6 Å². The number of carbonyl (C=O) groups excluding carboxylic acids is 2. The molecule has 0 radical (unpaired) electrons. The molecule has 4 rings (SSSR count). The maximum atomic E-state index is 12.9. The summed E-state index contributed by atoms with van der Waals surface area (Å²) in [5, 5.41) is 10.0. The number of para-hydroxylation sites is 1. The molecule has 7 heteroatoms. The Morgan fingerprint density at radius 2 is 1.62 bits per heavy atom. The highest BCUT2D eigenvalue weighted by atomic mass is 16.2. The Bertz CT molecular complexity index is 1250. The summed E-state index contributed by atoms with van der Waals surface area (Å²) in [7, 11) is 0. The molecule has 0 atom stereocenters. The topological polar surface area (TPSA) is 88.9 Å². The highest BCUT2D eigenvalue weighted by molar-refractivity contribution is 6.09. The summed E-state index contributed by atoms with van der Waals surface area (Å²) in [5.74, 6) is 0.0192. The summed E-state index contributed by atoms with van der Waals surface area (Å²) >= 11 is 0. The van der Waals surface area contributed by atoms with Crippen LogP contribution in [0.15, 0.2) is 79.1 Å². The summed E-state index contributed by atoms with van der Waals surface area (Å²) in [6.45, 7) is 4.22. The van der Waals surface area contributed by atoms with Gasteiger partial charge in [0.15, 0.2) is 5.82 Å². The van der Waals surface area contributed by atoms with E-state index in [4.69, 9.17) is 0 Å². The number of benzene rings is 2. The molecule has 2 amide bonds. The fraction of sp³-hybridized carbons (Fsp3) is 0.120. The summed E-state index contributed by atoms with van der Waals surface area (Å²) in [6, 6.07) is 20.4. The minimum absolute atomic E-state index is 0.262. The van der Waals surface area contributed by atoms with Crippen LogP contribution in [0, 0.1) is 13.8 Å². The van der Waals surface area contributed by atoms with Gasteiger partial charge in [0.2, 0.25) is 0 Å². The molecule has 0 spiro atoms. The summed E-state index contributed by atoms with van der Waals surface area (Å²) in [4.78, 5) is 30.0. The van der Waals surface area contributed by atoms with Gasteiger partial charge in [0.25, 0.3) is 11.8 Å². The lowest BCUT2D eigenvalue weighted by Gasteiger charge is -2.12. The van der Waals surface area contributed by atoms with E-state index in [1.165, 1.54) is 6.20 Å². The van der Waals surface area contributed by atoms with E-state index in [2.05, 4.69) is 20.7 Å². The van der Waals surface area contributed by atoms with Crippen molar-refractivity contribution in [3.05, 3.63) is 107 Å². The standard InChI is InChI=1S/C25H23N5O2/c1-17-10-12-19(13-11-17)15-27-24(31)20-7-3-4-8-22(20)29-25(32)21-16-28-30(18(21)2)23-9-5-6-14-26-23/h3-14,16H,15H2,1-2H3,(H,27,31)(H,29,32). The van der Waals surface area contributed by atoms with E-state index in [0.29, 0.717) is 34.9 Å². The Labute approximate surface area is 186 Å². The minimum atomic E-state index is -0.344. The number of nitrogens with one attached hydrogen (secondary N) is 2. The lowest BCUT2D eigenvalue weighted by molar-refractivity contribution is 0.0952. The molecule has 0 aliphatic carbocycles. The van der Waals surface area contributed by atoms with Crippen LogP contribution in [0.5, 0.6) is 0 Å². The first-order valence-corrected chi connectivity index (χ1v) is 10.2. The monoisotopic (exact) mass is 425 g/mol. The number of hydrogen-bond acceptors (Lipinski definition) is 4. The van der Waals surface area contributed by atoms with Gasteiger partial charge in [0.1, 0.15) is 0 Å². The van der Waals surface area contributed by atoms with Crippen molar-refractivity contribution < 1.29 is 9.59 Å². The average molecular weight is 425 g/mol. The molecule has 2 aromatic heterocycles. The molecule has 0 aliphatic rings. The number of aryl methyl sites for hydroxylation is 1. The quantitative estimate of drug-likeness (QED) is 0.487. The number of hydrogen-bond donors (Lipinski definition) is 2. The van der Waals surface area contributed by atoms with E-state index >= 15 is 0 Å². The molecular weight excluding hydrogens is 402 g/mol. The molecule has 0 saturated heterocycles. The largest absolute Gasteiger partial charge is 0.348 e. The molecule has 0 aliphatic heterocycles. The van der Waals surface area contributed by atoms with E-state index in [9.17, 15) is 9.59 Å². The van der Waals surface area contributed by atoms with Crippen LogP contribution >= 0.6 is 0 Å². The second kappa shape index (κ2) is 9.26. The fourth-order valence-electron chi connectivity index (χ4n) is 3.31. The number of nitrogens with zero attached hydrogens (tertiary/aromatic N) is 3. The second-order valence-corrected chi connectivity index (χ2v) is 7.41. The summed E-state index contributed by atoms with van der Waals surface area (Å²) in [5.41, 5.74) is 4.05. The Hall–Kier alpha value is -4.26. The first kappa shape index (κ1) is 21.0. The fourth-order valence-corrected chi connectivity index (χ4v) is 3.31. The molecule has 2 aromatic carbocycles. The zero-order chi connectivity index (χ0) is 22.5. The van der Waals surface area contributed by atoms with Crippen LogP contribution in [0.3, 0.4) is 0 Å². The molecule has 4 aromatic rings. The maximum Gasteiger partial charge on any atom is 0.259 e. The highest BCUT2D eigenvalue weighted by Gasteiger charge is 2.18. The van der Waals surface area contributed by atoms with Crippen molar-refractivity contribution in [2.24, 2.45) is 0 Å². The molecule has 7 nitrogen and oxygen atoms in total. The van der Waals surface area contributed by atoms with Gasteiger partial charge in [-0.15, -0.1) is 0 Å². The van der Waals surface area contributed by atoms with E-state index in [0.717, 1.165) is 11.1 Å². The number of pyridine rings is 1. The van der Waals surface area contributed by atoms with Crippen LogP contribution in [0.2, 0.25) is 0 Å². The maximum absolute atomic E-state index is 12.9. The van der Waals surface area contributed by atoms with E-state index in [1.54, 1.807) is 42.1 Å². The van der Waals surface area contributed by atoms with E-state index in [-0.39, 0.29) is 11.8 Å². The smallest absolute Gasteiger partial charge is 0.259 e. The molecule has 2 N–H and O–H groups in total. The van der Waals surface area contributed by atoms with Crippen LogP contribution in [0.1, 0.15) is 37.5 Å². The van der Waals surface area contributed by atoms with Crippen molar-refractivity contribution in [2.45, 2.75) is 20.4 Å². The number of aromatic nitrogens is 3. The first-order valence-electron chi connectivity index (χ1n) is 10.2.